The maximum atomic E-state index is 5.42. The van der Waals surface area contributed by atoms with Gasteiger partial charge in [0.15, 0.2) is 0 Å². The van der Waals surface area contributed by atoms with Crippen molar-refractivity contribution in [1.29, 1.82) is 0 Å². The largest absolute Gasteiger partial charge is 0.385 e. The van der Waals surface area contributed by atoms with E-state index < -0.39 is 0 Å². The van der Waals surface area contributed by atoms with Gasteiger partial charge in [-0.05, 0) is 6.42 Å². The first-order chi connectivity index (χ1) is 4.34. The van der Waals surface area contributed by atoms with E-state index in [1.54, 1.807) is 0 Å². The molecular weight excluding hydrogens is 118 g/mol. The van der Waals surface area contributed by atoms with Crippen LogP contribution in [0, 0.1) is 5.92 Å². The minimum Gasteiger partial charge on any atom is -0.385 e. The highest BCUT2D eigenvalue weighted by Crippen LogP contribution is 2.11. The highest BCUT2D eigenvalue weighted by Gasteiger charge is 2.18. The molecule has 1 aliphatic heterocycles. The van der Waals surface area contributed by atoms with Gasteiger partial charge in [-0.15, -0.1) is 0 Å². The van der Waals surface area contributed by atoms with Crippen LogP contribution in [0.1, 0.15) is 6.42 Å². The Balaban J connectivity index is 2.42. The van der Waals surface area contributed by atoms with Crippen LogP contribution in [-0.2, 0) is 4.74 Å². The van der Waals surface area contributed by atoms with Crippen LogP contribution in [0.5, 0.6) is 0 Å². The van der Waals surface area contributed by atoms with Gasteiger partial charge in [0, 0.05) is 12.5 Å². The molecule has 0 bridgehead atoms. The van der Waals surface area contributed by atoms with E-state index in [4.69, 9.17) is 16.3 Å². The van der Waals surface area contributed by atoms with Gasteiger partial charge in [-0.25, -0.2) is 0 Å². The molecule has 0 amide bonds. The van der Waals surface area contributed by atoms with Crippen LogP contribution in [0.3, 0.4) is 0 Å². The highest BCUT2D eigenvalue weighted by molar-refractivity contribution is 5.82. The molecule has 0 spiro atoms. The summed E-state index contributed by atoms with van der Waals surface area (Å²) in [7, 11) is 0. The van der Waals surface area contributed by atoms with E-state index in [9.17, 15) is 0 Å². The fourth-order valence-electron chi connectivity index (χ4n) is 0.873. The average molecular weight is 129 g/mol. The molecule has 0 aromatic carbocycles. The van der Waals surface area contributed by atoms with E-state index in [-0.39, 0.29) is 5.92 Å². The lowest BCUT2D eigenvalue weighted by molar-refractivity contribution is 0.193. The lowest BCUT2D eigenvalue weighted by Gasteiger charge is -2.02. The first-order valence-electron chi connectivity index (χ1n) is 2.95. The molecule has 1 aliphatic rings. The molecule has 0 saturated carbocycles. The van der Waals surface area contributed by atoms with Crippen molar-refractivity contribution in [2.75, 3.05) is 13.2 Å². The molecule has 52 valence electrons. The molecule has 0 aromatic rings. The normalized spacial score (nSPS) is 28.9. The van der Waals surface area contributed by atoms with E-state index in [0.717, 1.165) is 13.0 Å². The summed E-state index contributed by atoms with van der Waals surface area (Å²) in [5, 5.41) is 3.38. The molecule has 0 aliphatic carbocycles. The number of rotatable bonds is 1. The highest BCUT2D eigenvalue weighted by atomic mass is 16.5. The Hall–Kier alpha value is -0.770. The Morgan fingerprint density at radius 1 is 1.67 bits per heavy atom. The van der Waals surface area contributed by atoms with Crippen LogP contribution in [0.25, 0.3) is 0 Å². The summed E-state index contributed by atoms with van der Waals surface area (Å²) < 4.78 is 5.06. The van der Waals surface area contributed by atoms with Gasteiger partial charge in [-0.2, -0.15) is 5.10 Å². The average Bonchev–Trinajstić information content (AvgIpc) is 2.37. The van der Waals surface area contributed by atoms with Crippen molar-refractivity contribution in [3.63, 3.8) is 0 Å². The zero-order valence-electron chi connectivity index (χ0n) is 5.21. The van der Waals surface area contributed by atoms with Crippen molar-refractivity contribution in [3.8, 4) is 0 Å². The second-order valence-corrected chi connectivity index (χ2v) is 2.11. The van der Waals surface area contributed by atoms with Crippen LogP contribution in [0.15, 0.2) is 5.10 Å². The molecular formula is C5H11N3O. The van der Waals surface area contributed by atoms with Gasteiger partial charge >= 0.3 is 0 Å². The Labute approximate surface area is 53.9 Å². The summed E-state index contributed by atoms with van der Waals surface area (Å²) in [6.07, 6.45) is 0.951. The maximum absolute atomic E-state index is 5.42. The quantitative estimate of drug-likeness (QED) is 0.212. The number of amidine groups is 1. The predicted molar refractivity (Wildman–Crippen MR) is 34.7 cm³/mol. The predicted octanol–water partition coefficient (Wildman–Crippen LogP) is -0.746. The SMILES string of the molecule is NN=C(N)C1CCOC1. The van der Waals surface area contributed by atoms with Crippen molar-refractivity contribution in [3.05, 3.63) is 0 Å². The minimum absolute atomic E-state index is 0.259. The van der Waals surface area contributed by atoms with Crippen LogP contribution in [0.2, 0.25) is 0 Å². The summed E-state index contributed by atoms with van der Waals surface area (Å²) in [6.45, 7) is 1.45. The third-order valence-corrected chi connectivity index (χ3v) is 1.50. The molecule has 9 heavy (non-hydrogen) atoms. The van der Waals surface area contributed by atoms with E-state index in [1.807, 2.05) is 0 Å². The molecule has 1 fully saturated rings. The van der Waals surface area contributed by atoms with Crippen LogP contribution >= 0.6 is 0 Å². The topological polar surface area (TPSA) is 73.6 Å². The summed E-state index contributed by atoms with van der Waals surface area (Å²) in [5.41, 5.74) is 5.42. The lowest BCUT2D eigenvalue weighted by Crippen LogP contribution is -2.25. The molecule has 4 heteroatoms. The Morgan fingerprint density at radius 3 is 2.89 bits per heavy atom. The van der Waals surface area contributed by atoms with Crippen molar-refractivity contribution in [2.24, 2.45) is 22.6 Å². The summed E-state index contributed by atoms with van der Waals surface area (Å²) in [5.74, 6) is 5.73. The Bertz CT molecular complexity index is 117. The van der Waals surface area contributed by atoms with Gasteiger partial charge in [0.1, 0.15) is 5.84 Å². The molecule has 4 N–H and O–H groups in total. The number of hydrogen-bond donors (Lipinski definition) is 2. The van der Waals surface area contributed by atoms with E-state index in [1.165, 1.54) is 0 Å². The van der Waals surface area contributed by atoms with Crippen LogP contribution in [-0.4, -0.2) is 19.0 Å². The van der Waals surface area contributed by atoms with Gasteiger partial charge < -0.3 is 16.3 Å². The third-order valence-electron chi connectivity index (χ3n) is 1.50. The molecule has 1 atom stereocenters. The van der Waals surface area contributed by atoms with Crippen molar-refractivity contribution >= 4 is 5.84 Å². The van der Waals surface area contributed by atoms with Crippen molar-refractivity contribution in [2.45, 2.75) is 6.42 Å². The smallest absolute Gasteiger partial charge is 0.124 e. The Kier molecular flexibility index (Phi) is 1.89. The fourth-order valence-corrected chi connectivity index (χ4v) is 0.873. The third kappa shape index (κ3) is 1.32. The van der Waals surface area contributed by atoms with Crippen LogP contribution < -0.4 is 11.6 Å². The molecule has 1 rings (SSSR count). The summed E-state index contributed by atoms with van der Waals surface area (Å²) in [6, 6.07) is 0. The number of nitrogens with zero attached hydrogens (tertiary/aromatic N) is 1. The summed E-state index contributed by atoms with van der Waals surface area (Å²) in [4.78, 5) is 0. The molecule has 1 heterocycles. The molecule has 1 saturated heterocycles. The lowest BCUT2D eigenvalue weighted by atomic mass is 10.1. The van der Waals surface area contributed by atoms with E-state index >= 15 is 0 Å². The van der Waals surface area contributed by atoms with Crippen LogP contribution in [0.4, 0.5) is 0 Å². The number of ether oxygens (including phenoxy) is 1. The van der Waals surface area contributed by atoms with Gasteiger partial charge in [0.25, 0.3) is 0 Å². The van der Waals surface area contributed by atoms with Gasteiger partial charge in [0.05, 0.1) is 6.61 Å². The van der Waals surface area contributed by atoms with Gasteiger partial charge in [-0.3, -0.25) is 0 Å². The van der Waals surface area contributed by atoms with Gasteiger partial charge in [-0.1, -0.05) is 0 Å². The summed E-state index contributed by atoms with van der Waals surface area (Å²) >= 11 is 0. The molecule has 0 aromatic heterocycles. The first kappa shape index (κ1) is 6.35. The number of hydrazone groups is 1. The minimum atomic E-state index is 0.259. The monoisotopic (exact) mass is 129 g/mol. The fraction of sp³-hybridized carbons (Fsp3) is 0.800. The zero-order valence-corrected chi connectivity index (χ0v) is 5.21. The number of nitrogens with two attached hydrogens (primary N) is 2. The maximum Gasteiger partial charge on any atom is 0.124 e. The molecule has 4 nitrogen and oxygen atoms in total. The second kappa shape index (κ2) is 2.68. The Morgan fingerprint density at radius 2 is 2.44 bits per heavy atom. The number of hydrogen-bond acceptors (Lipinski definition) is 3. The zero-order chi connectivity index (χ0) is 6.69. The van der Waals surface area contributed by atoms with Crippen molar-refractivity contribution in [1.82, 2.24) is 0 Å². The molecule has 1 unspecified atom stereocenters. The first-order valence-corrected chi connectivity index (χ1v) is 2.95. The molecule has 0 radical (unpaired) electrons. The second-order valence-electron chi connectivity index (χ2n) is 2.11. The van der Waals surface area contributed by atoms with E-state index in [0.29, 0.717) is 12.4 Å². The van der Waals surface area contributed by atoms with Crippen molar-refractivity contribution < 1.29 is 4.74 Å². The standard InChI is InChI=1S/C5H11N3O/c6-5(8-7)4-1-2-9-3-4/h4H,1-3,7H2,(H2,6,8). The van der Waals surface area contributed by atoms with Gasteiger partial charge in [0.2, 0.25) is 0 Å². The van der Waals surface area contributed by atoms with E-state index in [2.05, 4.69) is 5.10 Å².